The standard InChI is InChI=1S/C15H18N2O4/c1-11-7-8-13(17(19)20)10-12(11)6-5-9-16-14(18)21-15(2,3)4/h7-8,10H,9H2,1-4H3,(H,16,18). The number of hydrogen-bond donors (Lipinski definition) is 1. The number of amides is 1. The van der Waals surface area contributed by atoms with E-state index < -0.39 is 16.6 Å². The van der Waals surface area contributed by atoms with Gasteiger partial charge in [-0.1, -0.05) is 17.9 Å². The molecule has 0 atom stereocenters. The Morgan fingerprint density at radius 3 is 2.67 bits per heavy atom. The van der Waals surface area contributed by atoms with Gasteiger partial charge in [0.25, 0.3) is 5.69 Å². The van der Waals surface area contributed by atoms with Crippen molar-refractivity contribution < 1.29 is 14.5 Å². The maximum absolute atomic E-state index is 11.4. The van der Waals surface area contributed by atoms with Gasteiger partial charge in [0.05, 0.1) is 11.5 Å². The number of aryl methyl sites for hydroxylation is 1. The van der Waals surface area contributed by atoms with Crippen molar-refractivity contribution >= 4 is 11.8 Å². The Balaban J connectivity index is 2.65. The number of non-ortho nitro benzene ring substituents is 1. The second-order valence-corrected chi connectivity index (χ2v) is 5.41. The molecule has 21 heavy (non-hydrogen) atoms. The molecule has 1 N–H and O–H groups in total. The van der Waals surface area contributed by atoms with E-state index in [0.717, 1.165) is 5.56 Å². The number of nitro benzene ring substituents is 1. The Hall–Kier alpha value is -2.55. The Bertz CT molecular complexity index is 606. The first-order chi connectivity index (χ1) is 9.69. The van der Waals surface area contributed by atoms with Crippen LogP contribution in [-0.2, 0) is 4.74 Å². The van der Waals surface area contributed by atoms with E-state index in [1.165, 1.54) is 12.1 Å². The van der Waals surface area contributed by atoms with Crippen LogP contribution in [0, 0.1) is 28.9 Å². The zero-order valence-corrected chi connectivity index (χ0v) is 12.5. The smallest absolute Gasteiger partial charge is 0.408 e. The zero-order chi connectivity index (χ0) is 16.0. The molecule has 0 fully saturated rings. The summed E-state index contributed by atoms with van der Waals surface area (Å²) in [4.78, 5) is 21.6. The number of nitrogens with zero attached hydrogens (tertiary/aromatic N) is 1. The summed E-state index contributed by atoms with van der Waals surface area (Å²) in [5.41, 5.74) is 0.833. The summed E-state index contributed by atoms with van der Waals surface area (Å²) in [6.45, 7) is 7.23. The Morgan fingerprint density at radius 1 is 1.43 bits per heavy atom. The van der Waals surface area contributed by atoms with Gasteiger partial charge in [-0.3, -0.25) is 10.1 Å². The van der Waals surface area contributed by atoms with Crippen molar-refractivity contribution in [2.24, 2.45) is 0 Å². The molecule has 0 unspecified atom stereocenters. The summed E-state index contributed by atoms with van der Waals surface area (Å²) in [6.07, 6.45) is -0.549. The van der Waals surface area contributed by atoms with Gasteiger partial charge in [-0.15, -0.1) is 0 Å². The molecule has 0 aliphatic heterocycles. The second kappa shape index (κ2) is 6.75. The van der Waals surface area contributed by atoms with Gasteiger partial charge in [0, 0.05) is 17.7 Å². The number of benzene rings is 1. The van der Waals surface area contributed by atoms with E-state index in [-0.39, 0.29) is 12.2 Å². The Morgan fingerprint density at radius 2 is 2.10 bits per heavy atom. The van der Waals surface area contributed by atoms with Gasteiger partial charge in [0.2, 0.25) is 0 Å². The molecule has 0 heterocycles. The molecule has 6 heteroatoms. The summed E-state index contributed by atoms with van der Waals surface area (Å²) in [6, 6.07) is 4.48. The van der Waals surface area contributed by atoms with Crippen LogP contribution in [0.5, 0.6) is 0 Å². The predicted octanol–water partition coefficient (Wildman–Crippen LogP) is 2.78. The highest BCUT2D eigenvalue weighted by atomic mass is 16.6. The van der Waals surface area contributed by atoms with Crippen LogP contribution in [0.3, 0.4) is 0 Å². The van der Waals surface area contributed by atoms with Crippen LogP contribution < -0.4 is 5.32 Å². The summed E-state index contributed by atoms with van der Waals surface area (Å²) >= 11 is 0. The molecule has 0 radical (unpaired) electrons. The highest BCUT2D eigenvalue weighted by Gasteiger charge is 2.15. The number of ether oxygens (including phenoxy) is 1. The number of alkyl carbamates (subject to hydrolysis) is 1. The molecule has 1 aromatic rings. The predicted molar refractivity (Wildman–Crippen MR) is 78.9 cm³/mol. The van der Waals surface area contributed by atoms with Crippen molar-refractivity contribution in [2.45, 2.75) is 33.3 Å². The topological polar surface area (TPSA) is 81.5 Å². The Kier molecular flexibility index (Phi) is 5.30. The molecule has 0 spiro atoms. The first-order valence-electron chi connectivity index (χ1n) is 6.40. The largest absolute Gasteiger partial charge is 0.444 e. The number of rotatable bonds is 2. The van der Waals surface area contributed by atoms with E-state index in [9.17, 15) is 14.9 Å². The maximum atomic E-state index is 11.4. The van der Waals surface area contributed by atoms with E-state index in [2.05, 4.69) is 17.2 Å². The molecule has 1 rings (SSSR count). The summed E-state index contributed by atoms with van der Waals surface area (Å²) in [5.74, 6) is 5.54. The molecule has 1 amide bonds. The molecule has 0 saturated heterocycles. The lowest BCUT2D eigenvalue weighted by atomic mass is 10.1. The van der Waals surface area contributed by atoms with Gasteiger partial charge in [-0.05, 0) is 33.3 Å². The molecule has 0 bridgehead atoms. The lowest BCUT2D eigenvalue weighted by Gasteiger charge is -2.19. The van der Waals surface area contributed by atoms with Crippen LogP contribution in [-0.4, -0.2) is 23.2 Å². The molecule has 1 aromatic carbocycles. The highest BCUT2D eigenvalue weighted by Crippen LogP contribution is 2.16. The molecular weight excluding hydrogens is 272 g/mol. The number of nitrogens with one attached hydrogen (secondary N) is 1. The van der Waals surface area contributed by atoms with Crippen LogP contribution in [0.25, 0.3) is 0 Å². The number of carbonyl (C=O) groups is 1. The highest BCUT2D eigenvalue weighted by molar-refractivity contribution is 5.68. The fourth-order valence-electron chi connectivity index (χ4n) is 1.43. The van der Waals surface area contributed by atoms with Gasteiger partial charge in [0.1, 0.15) is 5.60 Å². The molecule has 6 nitrogen and oxygen atoms in total. The second-order valence-electron chi connectivity index (χ2n) is 5.41. The van der Waals surface area contributed by atoms with Crippen LogP contribution in [0.1, 0.15) is 31.9 Å². The van der Waals surface area contributed by atoms with E-state index in [0.29, 0.717) is 5.56 Å². The van der Waals surface area contributed by atoms with Crippen molar-refractivity contribution in [1.29, 1.82) is 0 Å². The summed E-state index contributed by atoms with van der Waals surface area (Å²) in [5, 5.41) is 13.2. The van der Waals surface area contributed by atoms with Crippen molar-refractivity contribution in [2.75, 3.05) is 6.54 Å². The first kappa shape index (κ1) is 16.5. The van der Waals surface area contributed by atoms with Gasteiger partial charge in [-0.25, -0.2) is 4.79 Å². The zero-order valence-electron chi connectivity index (χ0n) is 12.5. The summed E-state index contributed by atoms with van der Waals surface area (Å²) in [7, 11) is 0. The van der Waals surface area contributed by atoms with Gasteiger partial charge >= 0.3 is 6.09 Å². The molecule has 0 aromatic heterocycles. The average Bonchev–Trinajstić information content (AvgIpc) is 2.34. The molecule has 0 aliphatic rings. The van der Waals surface area contributed by atoms with E-state index >= 15 is 0 Å². The number of nitro groups is 1. The fourth-order valence-corrected chi connectivity index (χ4v) is 1.43. The molecule has 112 valence electrons. The van der Waals surface area contributed by atoms with Crippen molar-refractivity contribution in [1.82, 2.24) is 5.32 Å². The first-order valence-corrected chi connectivity index (χ1v) is 6.40. The molecule has 0 aliphatic carbocycles. The van der Waals surface area contributed by atoms with E-state index in [1.54, 1.807) is 26.8 Å². The van der Waals surface area contributed by atoms with Crippen LogP contribution >= 0.6 is 0 Å². The van der Waals surface area contributed by atoms with Crippen molar-refractivity contribution in [3.8, 4) is 11.8 Å². The monoisotopic (exact) mass is 290 g/mol. The molecular formula is C15H18N2O4. The lowest BCUT2D eigenvalue weighted by Crippen LogP contribution is -2.32. The summed E-state index contributed by atoms with van der Waals surface area (Å²) < 4.78 is 5.06. The number of hydrogen-bond acceptors (Lipinski definition) is 4. The minimum absolute atomic E-state index is 0.00926. The third-order valence-corrected chi connectivity index (χ3v) is 2.38. The molecule has 0 saturated carbocycles. The Labute approximate surface area is 123 Å². The van der Waals surface area contributed by atoms with Gasteiger partial charge in [0.15, 0.2) is 0 Å². The van der Waals surface area contributed by atoms with Crippen LogP contribution in [0.2, 0.25) is 0 Å². The minimum atomic E-state index is -0.561. The SMILES string of the molecule is Cc1ccc([N+](=O)[O-])cc1C#CCNC(=O)OC(C)(C)C. The lowest BCUT2D eigenvalue weighted by molar-refractivity contribution is -0.384. The van der Waals surface area contributed by atoms with E-state index in [1.807, 2.05) is 6.92 Å². The third-order valence-electron chi connectivity index (χ3n) is 2.38. The fraction of sp³-hybridized carbons (Fsp3) is 0.400. The quantitative estimate of drug-likeness (QED) is 0.516. The van der Waals surface area contributed by atoms with E-state index in [4.69, 9.17) is 4.74 Å². The van der Waals surface area contributed by atoms with Gasteiger partial charge in [-0.2, -0.15) is 0 Å². The van der Waals surface area contributed by atoms with Gasteiger partial charge < -0.3 is 10.1 Å². The van der Waals surface area contributed by atoms with Crippen molar-refractivity contribution in [3.63, 3.8) is 0 Å². The minimum Gasteiger partial charge on any atom is -0.444 e. The number of carbonyl (C=O) groups excluding carboxylic acids is 1. The average molecular weight is 290 g/mol. The van der Waals surface area contributed by atoms with Crippen LogP contribution in [0.4, 0.5) is 10.5 Å². The van der Waals surface area contributed by atoms with Crippen molar-refractivity contribution in [3.05, 3.63) is 39.4 Å². The third kappa shape index (κ3) is 5.95. The maximum Gasteiger partial charge on any atom is 0.408 e. The normalized spacial score (nSPS) is 10.3. The van der Waals surface area contributed by atoms with Crippen LogP contribution in [0.15, 0.2) is 18.2 Å².